The van der Waals surface area contributed by atoms with Crippen molar-refractivity contribution >= 4 is 12.6 Å². The minimum atomic E-state index is -4.94. The molecule has 0 N–H and O–H groups in total. The van der Waals surface area contributed by atoms with Crippen molar-refractivity contribution < 1.29 is 36.3 Å². The lowest BCUT2D eigenvalue weighted by Gasteiger charge is -2.27. The van der Waals surface area contributed by atoms with E-state index in [9.17, 15) is 17.6 Å². The third-order valence-corrected chi connectivity index (χ3v) is 2.72. The first-order valence-electron chi connectivity index (χ1n) is 6.29. The Bertz CT molecular complexity index is 475. The Kier molecular flexibility index (Phi) is 5.07. The van der Waals surface area contributed by atoms with Crippen LogP contribution in [-0.4, -0.2) is 39.4 Å². The topological polar surface area (TPSA) is 36.9 Å². The maximum atomic E-state index is 13.6. The lowest BCUT2D eigenvalue weighted by Crippen LogP contribution is -2.47. The first-order valence-corrected chi connectivity index (χ1v) is 6.29. The van der Waals surface area contributed by atoms with Gasteiger partial charge in [0.2, 0.25) is 0 Å². The van der Waals surface area contributed by atoms with Crippen LogP contribution >= 0.6 is 0 Å². The molecule has 0 bridgehead atoms. The van der Waals surface area contributed by atoms with E-state index in [1.54, 1.807) is 0 Å². The highest BCUT2D eigenvalue weighted by Crippen LogP contribution is 2.24. The van der Waals surface area contributed by atoms with Crippen LogP contribution in [-0.2, 0) is 14.0 Å². The lowest BCUT2D eigenvalue weighted by atomic mass is 9.78. The Balaban J connectivity index is 2.01. The van der Waals surface area contributed by atoms with Crippen molar-refractivity contribution in [2.24, 2.45) is 0 Å². The summed E-state index contributed by atoms with van der Waals surface area (Å²) in [4.78, 5) is 0. The summed E-state index contributed by atoms with van der Waals surface area (Å²) in [5, 5.41) is 0. The van der Waals surface area contributed by atoms with E-state index in [4.69, 9.17) is 14.0 Å². The first-order chi connectivity index (χ1) is 9.89. The van der Waals surface area contributed by atoms with E-state index in [2.05, 4.69) is 4.74 Å². The van der Waals surface area contributed by atoms with Crippen molar-refractivity contribution in [3.05, 3.63) is 24.0 Å². The van der Waals surface area contributed by atoms with E-state index in [1.807, 2.05) is 6.92 Å². The molecule has 9 heteroatoms. The van der Waals surface area contributed by atoms with Gasteiger partial charge in [0.25, 0.3) is 0 Å². The zero-order valence-electron chi connectivity index (χ0n) is 11.2. The van der Waals surface area contributed by atoms with Gasteiger partial charge in [-0.2, -0.15) is 0 Å². The molecule has 1 heterocycles. The highest BCUT2D eigenvalue weighted by atomic mass is 19.4. The molecule has 0 spiro atoms. The molecule has 0 amide bonds. The summed E-state index contributed by atoms with van der Waals surface area (Å²) in [5.74, 6) is -2.03. The van der Waals surface area contributed by atoms with Crippen molar-refractivity contribution in [2.75, 3.05) is 19.8 Å². The Labute approximate surface area is 119 Å². The third kappa shape index (κ3) is 4.58. The molecule has 2 rings (SSSR count). The average Bonchev–Trinajstić information content (AvgIpc) is 2.41. The van der Waals surface area contributed by atoms with Gasteiger partial charge in [-0.05, 0) is 24.5 Å². The molecule has 0 radical (unpaired) electrons. The lowest BCUT2D eigenvalue weighted by molar-refractivity contribution is -0.275. The maximum absolute atomic E-state index is 13.6. The van der Waals surface area contributed by atoms with Crippen molar-refractivity contribution in [3.8, 4) is 5.75 Å². The van der Waals surface area contributed by atoms with Crippen LogP contribution in [0.5, 0.6) is 5.75 Å². The van der Waals surface area contributed by atoms with Crippen LogP contribution in [0.4, 0.5) is 17.6 Å². The number of alkyl halides is 3. The van der Waals surface area contributed by atoms with Crippen LogP contribution in [0.3, 0.4) is 0 Å². The zero-order chi connectivity index (χ0) is 15.5. The fourth-order valence-electron chi connectivity index (χ4n) is 1.88. The van der Waals surface area contributed by atoms with E-state index in [1.165, 1.54) is 6.07 Å². The molecule has 116 valence electrons. The Hall–Kier alpha value is -1.32. The standard InChI is InChI=1S/C12H13BF4O4/c1-2-18-9-6-19-13(20-7-9)8-3-4-11(10(14)5-8)21-12(15,16)17/h3-5,9H,2,6-7H2,1H3. The average molecular weight is 308 g/mol. The van der Waals surface area contributed by atoms with Crippen LogP contribution in [0.1, 0.15) is 6.92 Å². The zero-order valence-corrected chi connectivity index (χ0v) is 11.2. The fraction of sp³-hybridized carbons (Fsp3) is 0.500. The molecule has 1 saturated heterocycles. The number of ether oxygens (including phenoxy) is 2. The molecule has 0 saturated carbocycles. The fourth-order valence-corrected chi connectivity index (χ4v) is 1.88. The Morgan fingerprint density at radius 1 is 1.29 bits per heavy atom. The summed E-state index contributed by atoms with van der Waals surface area (Å²) in [6, 6.07) is 3.04. The number of rotatable bonds is 4. The largest absolute Gasteiger partial charge is 0.573 e. The second-order valence-electron chi connectivity index (χ2n) is 4.31. The first kappa shape index (κ1) is 16.1. The van der Waals surface area contributed by atoms with Crippen molar-refractivity contribution in [1.82, 2.24) is 0 Å². The third-order valence-electron chi connectivity index (χ3n) is 2.72. The van der Waals surface area contributed by atoms with Gasteiger partial charge in [0.05, 0.1) is 13.2 Å². The highest BCUT2D eigenvalue weighted by molar-refractivity contribution is 6.61. The van der Waals surface area contributed by atoms with Crippen molar-refractivity contribution in [3.63, 3.8) is 0 Å². The SMILES string of the molecule is CCOC1COB(c2ccc(OC(F)(F)F)c(F)c2)OC1. The monoisotopic (exact) mass is 308 g/mol. The minimum absolute atomic E-state index is 0.205. The molecule has 1 aliphatic heterocycles. The van der Waals surface area contributed by atoms with Crippen LogP contribution in [0.25, 0.3) is 0 Å². The summed E-state index contributed by atoms with van der Waals surface area (Å²) in [5.41, 5.74) is 0.275. The second kappa shape index (κ2) is 6.63. The smallest absolute Gasteiger partial charge is 0.404 e. The van der Waals surface area contributed by atoms with Crippen molar-refractivity contribution in [2.45, 2.75) is 19.4 Å². The van der Waals surface area contributed by atoms with Gasteiger partial charge in [0.15, 0.2) is 11.6 Å². The van der Waals surface area contributed by atoms with Crippen LogP contribution in [0, 0.1) is 5.82 Å². The van der Waals surface area contributed by atoms with Gasteiger partial charge in [-0.25, -0.2) is 4.39 Å². The van der Waals surface area contributed by atoms with Crippen LogP contribution in [0.15, 0.2) is 18.2 Å². The van der Waals surface area contributed by atoms with E-state index in [-0.39, 0.29) is 24.8 Å². The highest BCUT2D eigenvalue weighted by Gasteiger charge is 2.34. The van der Waals surface area contributed by atoms with E-state index >= 15 is 0 Å². The molecule has 1 aromatic rings. The van der Waals surface area contributed by atoms with Gasteiger partial charge in [0.1, 0.15) is 6.10 Å². The van der Waals surface area contributed by atoms with E-state index in [0.717, 1.165) is 12.1 Å². The molecule has 1 fully saturated rings. The van der Waals surface area contributed by atoms with Gasteiger partial charge in [-0.3, -0.25) is 0 Å². The molecular formula is C12H13BF4O4. The van der Waals surface area contributed by atoms with Crippen LogP contribution < -0.4 is 10.2 Å². The second-order valence-corrected chi connectivity index (χ2v) is 4.31. The van der Waals surface area contributed by atoms with Crippen LogP contribution in [0.2, 0.25) is 0 Å². The number of hydrogen-bond acceptors (Lipinski definition) is 4. The van der Waals surface area contributed by atoms with Gasteiger partial charge >= 0.3 is 13.5 Å². The predicted octanol–water partition coefficient (Wildman–Crippen LogP) is 1.87. The van der Waals surface area contributed by atoms with Gasteiger partial charge in [-0.1, -0.05) is 6.07 Å². The quantitative estimate of drug-likeness (QED) is 0.628. The van der Waals surface area contributed by atoms with Crippen molar-refractivity contribution in [1.29, 1.82) is 0 Å². The maximum Gasteiger partial charge on any atom is 0.573 e. The molecule has 1 aliphatic rings. The molecule has 0 unspecified atom stereocenters. The summed E-state index contributed by atoms with van der Waals surface area (Å²) in [6.45, 7) is 2.88. The number of benzene rings is 1. The summed E-state index contributed by atoms with van der Waals surface area (Å²) in [6.07, 6.45) is -5.14. The summed E-state index contributed by atoms with van der Waals surface area (Å²) in [7, 11) is -0.837. The molecule has 0 aromatic heterocycles. The molecular weight excluding hydrogens is 295 g/mol. The molecule has 1 aromatic carbocycles. The number of halogens is 4. The predicted molar refractivity (Wildman–Crippen MR) is 65.8 cm³/mol. The Morgan fingerprint density at radius 3 is 2.48 bits per heavy atom. The number of hydrogen-bond donors (Lipinski definition) is 0. The molecule has 0 aliphatic carbocycles. The summed E-state index contributed by atoms with van der Waals surface area (Å²) < 4.78 is 69.2. The van der Waals surface area contributed by atoms with E-state index in [0.29, 0.717) is 6.61 Å². The summed E-state index contributed by atoms with van der Waals surface area (Å²) >= 11 is 0. The molecule has 4 nitrogen and oxygen atoms in total. The van der Waals surface area contributed by atoms with E-state index < -0.39 is 25.0 Å². The van der Waals surface area contributed by atoms with Gasteiger partial charge < -0.3 is 18.8 Å². The van der Waals surface area contributed by atoms with Gasteiger partial charge in [-0.15, -0.1) is 13.2 Å². The van der Waals surface area contributed by atoms with Gasteiger partial charge in [0, 0.05) is 6.61 Å². The molecule has 21 heavy (non-hydrogen) atoms. The minimum Gasteiger partial charge on any atom is -0.404 e. The Morgan fingerprint density at radius 2 is 1.95 bits per heavy atom. The normalized spacial score (nSPS) is 17.1. The molecule has 0 atom stereocenters.